The van der Waals surface area contributed by atoms with E-state index in [1.54, 1.807) is 0 Å². The molecule has 1 aromatic carbocycles. The number of hydrogen-bond donors (Lipinski definition) is 1. The molecule has 1 heterocycles. The first-order valence-corrected chi connectivity index (χ1v) is 4.68. The molecule has 0 saturated carbocycles. The minimum absolute atomic E-state index is 0.157. The fourth-order valence-electron chi connectivity index (χ4n) is 1.97. The average Bonchev–Trinajstić information content (AvgIpc) is 2.02. The van der Waals surface area contributed by atoms with Gasteiger partial charge in [0.05, 0.1) is 6.61 Å². The van der Waals surface area contributed by atoms with Crippen molar-refractivity contribution < 1.29 is 4.74 Å². The number of ether oxygens (including phenoxy) is 1. The molecule has 2 rings (SSSR count). The Kier molecular flexibility index (Phi) is 2.00. The van der Waals surface area contributed by atoms with Gasteiger partial charge in [0.25, 0.3) is 0 Å². The Morgan fingerprint density at radius 3 is 2.92 bits per heavy atom. The molecule has 0 aliphatic carbocycles. The van der Waals surface area contributed by atoms with Crippen LogP contribution in [0, 0.1) is 13.8 Å². The molecule has 0 aromatic heterocycles. The van der Waals surface area contributed by atoms with Gasteiger partial charge in [-0.3, -0.25) is 0 Å². The molecule has 1 atom stereocenters. The Morgan fingerprint density at radius 2 is 2.15 bits per heavy atom. The summed E-state index contributed by atoms with van der Waals surface area (Å²) in [5.41, 5.74) is 9.70. The Balaban J connectivity index is 2.56. The lowest BCUT2D eigenvalue weighted by atomic mass is 9.95. The topological polar surface area (TPSA) is 35.2 Å². The van der Waals surface area contributed by atoms with Gasteiger partial charge in [-0.15, -0.1) is 0 Å². The monoisotopic (exact) mass is 177 g/mol. The molecule has 70 valence electrons. The van der Waals surface area contributed by atoms with Crippen molar-refractivity contribution in [3.8, 4) is 5.75 Å². The molecule has 0 radical (unpaired) electrons. The highest BCUT2D eigenvalue weighted by atomic mass is 16.5. The van der Waals surface area contributed by atoms with E-state index in [1.807, 2.05) is 0 Å². The third-order valence-electron chi connectivity index (χ3n) is 2.55. The van der Waals surface area contributed by atoms with Crippen molar-refractivity contribution in [2.75, 3.05) is 6.61 Å². The lowest BCUT2D eigenvalue weighted by Gasteiger charge is -2.25. The maximum Gasteiger partial charge on any atom is 0.124 e. The third-order valence-corrected chi connectivity index (χ3v) is 2.55. The molecular weight excluding hydrogens is 162 g/mol. The van der Waals surface area contributed by atoms with Gasteiger partial charge in [0, 0.05) is 18.0 Å². The Bertz CT molecular complexity index is 333. The molecule has 13 heavy (non-hydrogen) atoms. The van der Waals surface area contributed by atoms with Crippen LogP contribution in [0.5, 0.6) is 5.75 Å². The first-order chi connectivity index (χ1) is 6.18. The molecule has 2 heteroatoms. The van der Waals surface area contributed by atoms with Gasteiger partial charge in [0.1, 0.15) is 5.75 Å². The summed E-state index contributed by atoms with van der Waals surface area (Å²) in [6, 6.07) is 4.39. The number of fused-ring (bicyclic) bond motifs is 1. The van der Waals surface area contributed by atoms with Crippen LogP contribution < -0.4 is 10.5 Å². The molecule has 0 spiro atoms. The molecule has 0 bridgehead atoms. The zero-order chi connectivity index (χ0) is 9.42. The van der Waals surface area contributed by atoms with Crippen LogP contribution in [0.25, 0.3) is 0 Å². The smallest absolute Gasteiger partial charge is 0.124 e. The van der Waals surface area contributed by atoms with Gasteiger partial charge < -0.3 is 10.5 Å². The van der Waals surface area contributed by atoms with Crippen LogP contribution in [-0.2, 0) is 0 Å². The van der Waals surface area contributed by atoms with Crippen LogP contribution in [0.1, 0.15) is 29.2 Å². The molecule has 1 aliphatic heterocycles. The van der Waals surface area contributed by atoms with Crippen molar-refractivity contribution in [2.24, 2.45) is 5.73 Å². The largest absolute Gasteiger partial charge is 0.493 e. The van der Waals surface area contributed by atoms with Crippen molar-refractivity contribution in [1.29, 1.82) is 0 Å². The van der Waals surface area contributed by atoms with E-state index in [0.717, 1.165) is 18.8 Å². The summed E-state index contributed by atoms with van der Waals surface area (Å²) >= 11 is 0. The summed E-state index contributed by atoms with van der Waals surface area (Å²) in [4.78, 5) is 0. The first-order valence-electron chi connectivity index (χ1n) is 4.68. The van der Waals surface area contributed by atoms with E-state index in [1.165, 1.54) is 16.7 Å². The molecule has 1 aromatic rings. The number of nitrogens with two attached hydrogens (primary N) is 1. The molecule has 0 fully saturated rings. The van der Waals surface area contributed by atoms with Gasteiger partial charge in [0.15, 0.2) is 0 Å². The third kappa shape index (κ3) is 1.42. The van der Waals surface area contributed by atoms with Crippen LogP contribution in [0.3, 0.4) is 0 Å². The Morgan fingerprint density at radius 1 is 1.38 bits per heavy atom. The molecule has 2 nitrogen and oxygen atoms in total. The van der Waals surface area contributed by atoms with E-state index in [0.29, 0.717) is 0 Å². The van der Waals surface area contributed by atoms with Gasteiger partial charge >= 0.3 is 0 Å². The van der Waals surface area contributed by atoms with Gasteiger partial charge in [0.2, 0.25) is 0 Å². The average molecular weight is 177 g/mol. The van der Waals surface area contributed by atoms with Gasteiger partial charge in [-0.05, 0) is 31.0 Å². The highest BCUT2D eigenvalue weighted by Gasteiger charge is 2.19. The normalized spacial score (nSPS) is 20.7. The zero-order valence-electron chi connectivity index (χ0n) is 8.13. The standard InChI is InChI=1S/C11H15NO/c1-7-5-8(2)11-9(12)3-4-13-10(11)6-7/h5-6,9H,3-4,12H2,1-2H3/t9-/m0/s1. The number of benzene rings is 1. The van der Waals surface area contributed by atoms with Crippen molar-refractivity contribution >= 4 is 0 Å². The van der Waals surface area contributed by atoms with Crippen LogP contribution in [-0.4, -0.2) is 6.61 Å². The lowest BCUT2D eigenvalue weighted by Crippen LogP contribution is -2.21. The fourth-order valence-corrected chi connectivity index (χ4v) is 1.97. The van der Waals surface area contributed by atoms with Crippen molar-refractivity contribution in [1.82, 2.24) is 0 Å². The Hall–Kier alpha value is -1.02. The number of hydrogen-bond acceptors (Lipinski definition) is 2. The minimum Gasteiger partial charge on any atom is -0.493 e. The minimum atomic E-state index is 0.157. The van der Waals surface area contributed by atoms with Gasteiger partial charge in [-0.1, -0.05) is 6.07 Å². The van der Waals surface area contributed by atoms with Crippen LogP contribution in [0.2, 0.25) is 0 Å². The van der Waals surface area contributed by atoms with E-state index in [9.17, 15) is 0 Å². The Labute approximate surface area is 78.7 Å². The quantitative estimate of drug-likeness (QED) is 0.658. The van der Waals surface area contributed by atoms with Gasteiger partial charge in [-0.25, -0.2) is 0 Å². The molecule has 0 amide bonds. The second-order valence-corrected chi connectivity index (χ2v) is 3.74. The number of rotatable bonds is 0. The van der Waals surface area contributed by atoms with E-state index >= 15 is 0 Å². The van der Waals surface area contributed by atoms with Crippen LogP contribution in [0.15, 0.2) is 12.1 Å². The maximum atomic E-state index is 6.02. The summed E-state index contributed by atoms with van der Waals surface area (Å²) in [6.45, 7) is 4.92. The SMILES string of the molecule is Cc1cc(C)c2c(c1)OCC[C@@H]2N. The van der Waals surface area contributed by atoms with Crippen molar-refractivity contribution in [3.05, 3.63) is 28.8 Å². The summed E-state index contributed by atoms with van der Waals surface area (Å²) < 4.78 is 5.58. The highest BCUT2D eigenvalue weighted by Crippen LogP contribution is 2.33. The first kappa shape index (κ1) is 8.57. The van der Waals surface area contributed by atoms with Crippen LogP contribution in [0.4, 0.5) is 0 Å². The molecular formula is C11H15NO. The van der Waals surface area contributed by atoms with Crippen LogP contribution >= 0.6 is 0 Å². The maximum absolute atomic E-state index is 6.02. The summed E-state index contributed by atoms with van der Waals surface area (Å²) in [7, 11) is 0. The second-order valence-electron chi connectivity index (χ2n) is 3.74. The van der Waals surface area contributed by atoms with Crippen molar-refractivity contribution in [3.63, 3.8) is 0 Å². The molecule has 0 saturated heterocycles. The van der Waals surface area contributed by atoms with E-state index in [4.69, 9.17) is 10.5 Å². The van der Waals surface area contributed by atoms with Crippen molar-refractivity contribution in [2.45, 2.75) is 26.3 Å². The highest BCUT2D eigenvalue weighted by molar-refractivity contribution is 5.45. The molecule has 0 unspecified atom stereocenters. The van der Waals surface area contributed by atoms with E-state index in [2.05, 4.69) is 26.0 Å². The molecule has 1 aliphatic rings. The molecule has 2 N–H and O–H groups in total. The van der Waals surface area contributed by atoms with E-state index in [-0.39, 0.29) is 6.04 Å². The lowest BCUT2D eigenvalue weighted by molar-refractivity contribution is 0.268. The summed E-state index contributed by atoms with van der Waals surface area (Å²) in [5, 5.41) is 0. The summed E-state index contributed by atoms with van der Waals surface area (Å²) in [6.07, 6.45) is 0.927. The summed E-state index contributed by atoms with van der Waals surface area (Å²) in [5.74, 6) is 0.983. The fraction of sp³-hybridized carbons (Fsp3) is 0.455. The predicted octanol–water partition coefficient (Wildman–Crippen LogP) is 2.09. The van der Waals surface area contributed by atoms with Gasteiger partial charge in [-0.2, -0.15) is 0 Å². The predicted molar refractivity (Wildman–Crippen MR) is 53.0 cm³/mol. The number of aryl methyl sites for hydroxylation is 2. The van der Waals surface area contributed by atoms with E-state index < -0.39 is 0 Å². The second kappa shape index (κ2) is 3.04. The zero-order valence-corrected chi connectivity index (χ0v) is 8.13.